The molecule has 0 saturated carbocycles. The minimum absolute atomic E-state index is 0.341. The van der Waals surface area contributed by atoms with Gasteiger partial charge >= 0.3 is 0 Å². The summed E-state index contributed by atoms with van der Waals surface area (Å²) in [6, 6.07) is 7.81. The Kier molecular flexibility index (Phi) is 4.06. The van der Waals surface area contributed by atoms with Crippen LogP contribution in [0, 0.1) is 11.6 Å². The molecular formula is C14H15F2N3. The van der Waals surface area contributed by atoms with Crippen molar-refractivity contribution in [1.82, 2.24) is 10.3 Å². The van der Waals surface area contributed by atoms with Crippen molar-refractivity contribution in [3.63, 3.8) is 0 Å². The van der Waals surface area contributed by atoms with Gasteiger partial charge in [0.2, 0.25) is 0 Å². The Morgan fingerprint density at radius 1 is 1.26 bits per heavy atom. The summed E-state index contributed by atoms with van der Waals surface area (Å²) < 4.78 is 27.0. The van der Waals surface area contributed by atoms with E-state index in [0.717, 1.165) is 6.20 Å². The van der Waals surface area contributed by atoms with Crippen LogP contribution in [0.5, 0.6) is 0 Å². The van der Waals surface area contributed by atoms with Crippen LogP contribution >= 0.6 is 0 Å². The lowest BCUT2D eigenvalue weighted by atomic mass is 10.2. The number of hydrogen-bond acceptors (Lipinski definition) is 3. The first-order chi connectivity index (χ1) is 9.13. The van der Waals surface area contributed by atoms with Crippen LogP contribution < -0.4 is 10.2 Å². The van der Waals surface area contributed by atoms with Crippen LogP contribution in [-0.4, -0.2) is 19.1 Å². The van der Waals surface area contributed by atoms with Crippen molar-refractivity contribution in [2.75, 3.05) is 19.0 Å². The average Bonchev–Trinajstić information content (AvgIpc) is 2.39. The molecule has 0 aliphatic rings. The van der Waals surface area contributed by atoms with Gasteiger partial charge in [0.25, 0.3) is 0 Å². The Labute approximate surface area is 110 Å². The Hall–Kier alpha value is -2.01. The number of rotatable bonds is 4. The number of nitrogens with one attached hydrogen (secondary N) is 1. The van der Waals surface area contributed by atoms with Crippen molar-refractivity contribution in [3.05, 3.63) is 53.7 Å². The second-order valence-corrected chi connectivity index (χ2v) is 4.18. The fourth-order valence-electron chi connectivity index (χ4n) is 1.93. The van der Waals surface area contributed by atoms with Crippen molar-refractivity contribution in [3.8, 4) is 0 Å². The average molecular weight is 263 g/mol. The van der Waals surface area contributed by atoms with Gasteiger partial charge in [-0.05, 0) is 25.2 Å². The zero-order valence-electron chi connectivity index (χ0n) is 10.8. The lowest BCUT2D eigenvalue weighted by Gasteiger charge is -2.21. The molecule has 1 heterocycles. The highest BCUT2D eigenvalue weighted by Gasteiger charge is 2.14. The largest absolute Gasteiger partial charge is 0.327 e. The zero-order chi connectivity index (χ0) is 13.8. The Morgan fingerprint density at radius 3 is 2.68 bits per heavy atom. The van der Waals surface area contributed by atoms with E-state index in [1.54, 1.807) is 37.2 Å². The summed E-state index contributed by atoms with van der Waals surface area (Å²) in [6.45, 7) is 0.457. The molecule has 19 heavy (non-hydrogen) atoms. The van der Waals surface area contributed by atoms with Gasteiger partial charge in [0, 0.05) is 19.2 Å². The van der Waals surface area contributed by atoms with Crippen LogP contribution in [0.3, 0.4) is 0 Å². The predicted molar refractivity (Wildman–Crippen MR) is 71.4 cm³/mol. The number of para-hydroxylation sites is 1. The second kappa shape index (κ2) is 5.75. The van der Waals surface area contributed by atoms with E-state index in [2.05, 4.69) is 10.3 Å². The Morgan fingerprint density at radius 2 is 2.00 bits per heavy atom. The van der Waals surface area contributed by atoms with Gasteiger partial charge in [0.05, 0.1) is 11.9 Å². The van der Waals surface area contributed by atoms with Gasteiger partial charge in [0.15, 0.2) is 0 Å². The number of aromatic nitrogens is 1. The summed E-state index contributed by atoms with van der Waals surface area (Å²) in [5, 5.41) is 2.95. The molecule has 0 unspecified atom stereocenters. The molecule has 5 heteroatoms. The molecule has 0 spiro atoms. The van der Waals surface area contributed by atoms with Gasteiger partial charge in [-0.1, -0.05) is 12.1 Å². The highest BCUT2D eigenvalue weighted by Crippen LogP contribution is 2.27. The molecule has 2 rings (SSSR count). The van der Waals surface area contributed by atoms with E-state index in [0.29, 0.717) is 23.6 Å². The maximum atomic E-state index is 13.8. The lowest BCUT2D eigenvalue weighted by Crippen LogP contribution is -2.17. The first-order valence-corrected chi connectivity index (χ1v) is 5.90. The third-order valence-electron chi connectivity index (χ3n) is 2.81. The number of halogens is 2. The van der Waals surface area contributed by atoms with E-state index in [4.69, 9.17) is 0 Å². The predicted octanol–water partition coefficient (Wildman–Crippen LogP) is 2.85. The van der Waals surface area contributed by atoms with Crippen LogP contribution in [0.15, 0.2) is 36.5 Å². The summed E-state index contributed by atoms with van der Waals surface area (Å²) in [7, 11) is 3.47. The molecule has 2 aromatic rings. The summed E-state index contributed by atoms with van der Waals surface area (Å²) in [5.41, 5.74) is 1.08. The number of hydrogen-bond donors (Lipinski definition) is 1. The van der Waals surface area contributed by atoms with Gasteiger partial charge in [0.1, 0.15) is 17.5 Å². The standard InChI is InChI=1S/C14H15F2N3/c1-17-8-10-7-11(15)9-18-14(10)19(2)13-6-4-3-5-12(13)16/h3-7,9,17H,8H2,1-2H3. The molecule has 0 amide bonds. The number of anilines is 2. The first-order valence-electron chi connectivity index (χ1n) is 5.90. The van der Waals surface area contributed by atoms with Gasteiger partial charge < -0.3 is 10.2 Å². The van der Waals surface area contributed by atoms with E-state index in [-0.39, 0.29) is 5.82 Å². The third kappa shape index (κ3) is 2.88. The molecule has 0 bridgehead atoms. The molecule has 0 aliphatic heterocycles. The monoisotopic (exact) mass is 263 g/mol. The Bertz CT molecular complexity index is 572. The van der Waals surface area contributed by atoms with E-state index in [1.165, 1.54) is 12.1 Å². The maximum absolute atomic E-state index is 13.8. The lowest BCUT2D eigenvalue weighted by molar-refractivity contribution is 0.615. The van der Waals surface area contributed by atoms with Gasteiger partial charge in [-0.15, -0.1) is 0 Å². The van der Waals surface area contributed by atoms with Crippen LogP contribution in [0.4, 0.5) is 20.3 Å². The van der Waals surface area contributed by atoms with Crippen molar-refractivity contribution in [1.29, 1.82) is 0 Å². The molecule has 1 aromatic heterocycles. The van der Waals surface area contributed by atoms with E-state index in [9.17, 15) is 8.78 Å². The normalized spacial score (nSPS) is 10.5. The summed E-state index contributed by atoms with van der Waals surface area (Å²) in [5.74, 6) is -0.219. The van der Waals surface area contributed by atoms with E-state index < -0.39 is 5.82 Å². The van der Waals surface area contributed by atoms with Crippen molar-refractivity contribution < 1.29 is 8.78 Å². The molecule has 0 radical (unpaired) electrons. The fourth-order valence-corrected chi connectivity index (χ4v) is 1.93. The Balaban J connectivity index is 2.43. The van der Waals surface area contributed by atoms with Crippen LogP contribution in [0.25, 0.3) is 0 Å². The van der Waals surface area contributed by atoms with Gasteiger partial charge in [-0.2, -0.15) is 0 Å². The molecule has 3 nitrogen and oxygen atoms in total. The summed E-state index contributed by atoms with van der Waals surface area (Å²) in [4.78, 5) is 5.67. The summed E-state index contributed by atoms with van der Waals surface area (Å²) >= 11 is 0. The maximum Gasteiger partial charge on any atom is 0.146 e. The molecular weight excluding hydrogens is 248 g/mol. The van der Waals surface area contributed by atoms with E-state index >= 15 is 0 Å². The topological polar surface area (TPSA) is 28.2 Å². The number of benzene rings is 1. The molecule has 0 fully saturated rings. The molecule has 100 valence electrons. The fraction of sp³-hybridized carbons (Fsp3) is 0.214. The minimum Gasteiger partial charge on any atom is -0.327 e. The van der Waals surface area contributed by atoms with Crippen molar-refractivity contribution in [2.45, 2.75) is 6.54 Å². The second-order valence-electron chi connectivity index (χ2n) is 4.18. The highest BCUT2D eigenvalue weighted by molar-refractivity contribution is 5.62. The van der Waals surface area contributed by atoms with E-state index in [1.807, 2.05) is 0 Å². The quantitative estimate of drug-likeness (QED) is 0.919. The van der Waals surface area contributed by atoms with Crippen LogP contribution in [0.1, 0.15) is 5.56 Å². The van der Waals surface area contributed by atoms with Crippen molar-refractivity contribution in [2.24, 2.45) is 0 Å². The third-order valence-corrected chi connectivity index (χ3v) is 2.81. The molecule has 0 aliphatic carbocycles. The summed E-state index contributed by atoms with van der Waals surface area (Å²) in [6.07, 6.45) is 1.13. The number of pyridine rings is 1. The molecule has 0 saturated heterocycles. The van der Waals surface area contributed by atoms with Crippen LogP contribution in [-0.2, 0) is 6.54 Å². The van der Waals surface area contributed by atoms with Crippen molar-refractivity contribution >= 4 is 11.5 Å². The number of nitrogens with zero attached hydrogens (tertiary/aromatic N) is 2. The minimum atomic E-state index is -0.407. The first kappa shape index (κ1) is 13.4. The molecule has 0 atom stereocenters. The van der Waals surface area contributed by atoms with Crippen LogP contribution in [0.2, 0.25) is 0 Å². The van der Waals surface area contributed by atoms with Gasteiger partial charge in [-0.25, -0.2) is 13.8 Å². The SMILES string of the molecule is CNCc1cc(F)cnc1N(C)c1ccccc1F. The highest BCUT2D eigenvalue weighted by atomic mass is 19.1. The van der Waals surface area contributed by atoms with Gasteiger partial charge in [-0.3, -0.25) is 0 Å². The smallest absolute Gasteiger partial charge is 0.146 e. The molecule has 1 N–H and O–H groups in total. The molecule has 1 aromatic carbocycles. The zero-order valence-corrected chi connectivity index (χ0v) is 10.8.